The standard InChI is InChI=1S/C6H5.HI.2H3P.Pd/c1-2-4-6-5-3-1;;;;/h1-5H;1H;2*1H3;/q;;;;+1/p-1. The Kier molecular flexibility index (Phi) is 18.4. The second-order valence-corrected chi connectivity index (χ2v) is 2.16. The minimum atomic E-state index is 0. The average Bonchev–Trinajstić information content (AvgIpc) is 1.69. The van der Waals surface area contributed by atoms with Gasteiger partial charge in [-0.05, 0) is 0 Å². The van der Waals surface area contributed by atoms with E-state index in [1.807, 2.05) is 30.3 Å². The van der Waals surface area contributed by atoms with Gasteiger partial charge in [0.15, 0.2) is 0 Å². The number of hydrogen-bond acceptors (Lipinski definition) is 0. The molecule has 4 heteroatoms. The van der Waals surface area contributed by atoms with Crippen LogP contribution in [0.1, 0.15) is 0 Å². The molecule has 0 saturated heterocycles. The van der Waals surface area contributed by atoms with Gasteiger partial charge in [-0.3, -0.25) is 0 Å². The van der Waals surface area contributed by atoms with E-state index in [4.69, 9.17) is 0 Å². The third-order valence-electron chi connectivity index (χ3n) is 0.713. The van der Waals surface area contributed by atoms with Crippen molar-refractivity contribution < 1.29 is 43.2 Å². The second-order valence-electron chi connectivity index (χ2n) is 1.26. The monoisotopic (exact) mass is 378 g/mol. The van der Waals surface area contributed by atoms with Gasteiger partial charge in [0.25, 0.3) is 0 Å². The van der Waals surface area contributed by atoms with Crippen molar-refractivity contribution in [2.24, 2.45) is 0 Å². The molecule has 0 aliphatic carbocycles. The van der Waals surface area contributed by atoms with Gasteiger partial charge in [-0.2, -0.15) is 19.8 Å². The van der Waals surface area contributed by atoms with Gasteiger partial charge in [0.2, 0.25) is 0 Å². The number of halogens is 1. The average molecular weight is 378 g/mol. The van der Waals surface area contributed by atoms with Crippen molar-refractivity contribution in [1.82, 2.24) is 0 Å². The van der Waals surface area contributed by atoms with Crippen LogP contribution in [0.15, 0.2) is 30.3 Å². The fourth-order valence-corrected chi connectivity index (χ4v) is 0.702. The van der Waals surface area contributed by atoms with Crippen LogP contribution in [0.5, 0.6) is 0 Å². The van der Waals surface area contributed by atoms with E-state index in [0.717, 1.165) is 0 Å². The molecule has 0 fully saturated rings. The molecule has 1 rings (SSSR count). The molecule has 0 nitrogen and oxygen atoms in total. The molecular formula is C6H11IP2Pd. The van der Waals surface area contributed by atoms with E-state index >= 15 is 0 Å². The fourth-order valence-electron chi connectivity index (χ4n) is 0.403. The van der Waals surface area contributed by atoms with Crippen LogP contribution >= 0.6 is 19.8 Å². The number of benzene rings is 1. The van der Waals surface area contributed by atoms with E-state index in [9.17, 15) is 0 Å². The molecule has 0 bridgehead atoms. The molecule has 0 saturated carbocycles. The fraction of sp³-hybridized carbons (Fsp3) is 0. The molecule has 62 valence electrons. The molecule has 0 aromatic heterocycles. The molecule has 2 atom stereocenters. The van der Waals surface area contributed by atoms with Crippen LogP contribution in [-0.2, 0) is 19.2 Å². The summed E-state index contributed by atoms with van der Waals surface area (Å²) in [4.78, 5) is 0. The summed E-state index contributed by atoms with van der Waals surface area (Å²) in [7, 11) is 0. The molecule has 1 aromatic rings. The van der Waals surface area contributed by atoms with E-state index in [2.05, 4.69) is 19.2 Å². The second kappa shape index (κ2) is 10.5. The molecule has 2 unspecified atom stereocenters. The SMILES string of the molecule is P.P.[I-].[Pd+][c]1ccccc1. The molecule has 1 aromatic carbocycles. The maximum absolute atomic E-state index is 3.07. The summed E-state index contributed by atoms with van der Waals surface area (Å²) in [6.45, 7) is 0. The van der Waals surface area contributed by atoms with Crippen molar-refractivity contribution >= 4 is 23.8 Å². The maximum atomic E-state index is 3.07. The van der Waals surface area contributed by atoms with E-state index < -0.39 is 0 Å². The third-order valence-corrected chi connectivity index (χ3v) is 1.23. The summed E-state index contributed by atoms with van der Waals surface area (Å²) in [5.74, 6) is 0. The minimum absolute atomic E-state index is 0. The van der Waals surface area contributed by atoms with Crippen molar-refractivity contribution in [2.45, 2.75) is 0 Å². The van der Waals surface area contributed by atoms with Gasteiger partial charge in [0.05, 0.1) is 0 Å². The summed E-state index contributed by atoms with van der Waals surface area (Å²) in [5.41, 5.74) is 0. The molecular weight excluding hydrogens is 367 g/mol. The Morgan fingerprint density at radius 1 is 0.900 bits per heavy atom. The summed E-state index contributed by atoms with van der Waals surface area (Å²) in [6.07, 6.45) is 0. The molecule has 0 radical (unpaired) electrons. The quantitative estimate of drug-likeness (QED) is 0.278. The molecule has 0 aliphatic rings. The van der Waals surface area contributed by atoms with E-state index in [1.165, 1.54) is 4.04 Å². The van der Waals surface area contributed by atoms with Crippen LogP contribution in [-0.4, -0.2) is 0 Å². The molecule has 0 aliphatic heterocycles. The van der Waals surface area contributed by atoms with Gasteiger partial charge >= 0.3 is 53.6 Å². The zero-order chi connectivity index (χ0) is 5.11. The number of hydrogen-bond donors (Lipinski definition) is 0. The topological polar surface area (TPSA) is 0 Å². The zero-order valence-electron chi connectivity index (χ0n) is 5.50. The summed E-state index contributed by atoms with van der Waals surface area (Å²) >= 11 is 3.07. The van der Waals surface area contributed by atoms with Gasteiger partial charge in [-0.1, -0.05) is 0 Å². The van der Waals surface area contributed by atoms with Crippen molar-refractivity contribution in [2.75, 3.05) is 0 Å². The Labute approximate surface area is 96.6 Å². The summed E-state index contributed by atoms with van der Waals surface area (Å²) in [6, 6.07) is 10.0. The van der Waals surface area contributed by atoms with E-state index in [1.54, 1.807) is 0 Å². The molecule has 0 heterocycles. The Morgan fingerprint density at radius 3 is 1.50 bits per heavy atom. The predicted octanol–water partition coefficient (Wildman–Crippen LogP) is -2.02. The van der Waals surface area contributed by atoms with Crippen LogP contribution in [0.2, 0.25) is 0 Å². The van der Waals surface area contributed by atoms with Gasteiger partial charge in [0.1, 0.15) is 0 Å². The summed E-state index contributed by atoms with van der Waals surface area (Å²) < 4.78 is 1.17. The number of rotatable bonds is 0. The van der Waals surface area contributed by atoms with Crippen LogP contribution in [0.3, 0.4) is 0 Å². The third kappa shape index (κ3) is 7.58. The van der Waals surface area contributed by atoms with Crippen molar-refractivity contribution in [3.63, 3.8) is 0 Å². The first-order valence-electron chi connectivity index (χ1n) is 2.07. The van der Waals surface area contributed by atoms with Gasteiger partial charge in [0, 0.05) is 0 Å². The molecule has 0 spiro atoms. The van der Waals surface area contributed by atoms with Crippen LogP contribution in [0.4, 0.5) is 0 Å². The van der Waals surface area contributed by atoms with Crippen LogP contribution in [0.25, 0.3) is 0 Å². The normalized spacial score (nSPS) is 6.20. The Morgan fingerprint density at radius 2 is 1.30 bits per heavy atom. The molecule has 10 heavy (non-hydrogen) atoms. The van der Waals surface area contributed by atoms with Gasteiger partial charge in [-0.25, -0.2) is 0 Å². The van der Waals surface area contributed by atoms with Gasteiger partial charge < -0.3 is 24.0 Å². The first kappa shape index (κ1) is 17.5. The predicted molar refractivity (Wildman–Crippen MR) is 48.3 cm³/mol. The Hall–Kier alpha value is 1.47. The van der Waals surface area contributed by atoms with Crippen LogP contribution < -0.4 is 28.0 Å². The summed E-state index contributed by atoms with van der Waals surface area (Å²) in [5, 5.41) is 0. The molecule has 0 amide bonds. The van der Waals surface area contributed by atoms with Crippen molar-refractivity contribution in [3.8, 4) is 0 Å². The van der Waals surface area contributed by atoms with Gasteiger partial charge in [-0.15, -0.1) is 0 Å². The Balaban J connectivity index is -0.000000163. The first-order chi connectivity index (χ1) is 3.39. The zero-order valence-corrected chi connectivity index (χ0v) is 12.0. The van der Waals surface area contributed by atoms with E-state index in [-0.39, 0.29) is 43.8 Å². The first-order valence-corrected chi connectivity index (χ1v) is 2.85. The van der Waals surface area contributed by atoms with Crippen molar-refractivity contribution in [3.05, 3.63) is 30.3 Å². The van der Waals surface area contributed by atoms with Crippen molar-refractivity contribution in [1.29, 1.82) is 0 Å². The van der Waals surface area contributed by atoms with Crippen LogP contribution in [0, 0.1) is 0 Å². The Bertz CT molecular complexity index is 146. The van der Waals surface area contributed by atoms with E-state index in [0.29, 0.717) is 0 Å². The molecule has 0 N–H and O–H groups in total.